The third-order valence-electron chi connectivity index (χ3n) is 3.38. The third-order valence-corrected chi connectivity index (χ3v) is 3.65. The van der Waals surface area contributed by atoms with Gasteiger partial charge in [-0.25, -0.2) is 4.79 Å². The van der Waals surface area contributed by atoms with Crippen molar-refractivity contribution in [2.24, 2.45) is 0 Å². The molecule has 0 unspecified atom stereocenters. The minimum absolute atomic E-state index is 0.0516. The van der Waals surface area contributed by atoms with Gasteiger partial charge in [-0.1, -0.05) is 6.42 Å². The Morgan fingerprint density at radius 3 is 2.55 bits per heavy atom. The Bertz CT molecular complexity index is 352. The summed E-state index contributed by atoms with van der Waals surface area (Å²) in [7, 11) is 0. The summed E-state index contributed by atoms with van der Waals surface area (Å²) in [5.41, 5.74) is -0.515. The van der Waals surface area contributed by atoms with Gasteiger partial charge in [0.1, 0.15) is 11.4 Å². The quantitative estimate of drug-likeness (QED) is 0.587. The van der Waals surface area contributed by atoms with E-state index in [0.29, 0.717) is 18.7 Å². The van der Waals surface area contributed by atoms with Crippen LogP contribution in [0, 0.1) is 0 Å². The molecule has 0 aromatic rings. The monoisotopic (exact) mass is 303 g/mol. The van der Waals surface area contributed by atoms with Gasteiger partial charge in [0.25, 0.3) is 0 Å². The molecule has 0 saturated carbocycles. The summed E-state index contributed by atoms with van der Waals surface area (Å²) in [5, 5.41) is 0. The number of alkyl halides is 1. The Morgan fingerprint density at radius 1 is 1.35 bits per heavy atom. The number of rotatable bonds is 4. The van der Waals surface area contributed by atoms with E-state index in [2.05, 4.69) is 0 Å². The highest BCUT2D eigenvalue weighted by molar-refractivity contribution is 6.17. The van der Waals surface area contributed by atoms with Gasteiger partial charge in [0.2, 0.25) is 0 Å². The Labute approximate surface area is 126 Å². The highest BCUT2D eigenvalue weighted by atomic mass is 35.5. The number of ketones is 1. The van der Waals surface area contributed by atoms with Crippen LogP contribution in [-0.4, -0.2) is 40.3 Å². The molecule has 0 aromatic heterocycles. The molecule has 0 N–H and O–H groups in total. The lowest BCUT2D eigenvalue weighted by atomic mass is 9.92. The Kier molecular flexibility index (Phi) is 6.31. The van der Waals surface area contributed by atoms with Crippen LogP contribution in [0.4, 0.5) is 4.79 Å². The van der Waals surface area contributed by atoms with Crippen LogP contribution < -0.4 is 0 Å². The molecule has 0 spiro atoms. The molecule has 0 aromatic carbocycles. The number of hydrogen-bond acceptors (Lipinski definition) is 3. The van der Waals surface area contributed by atoms with Crippen molar-refractivity contribution in [3.63, 3.8) is 0 Å². The lowest BCUT2D eigenvalue weighted by molar-refractivity contribution is -0.124. The maximum absolute atomic E-state index is 12.3. The molecule has 1 rings (SSSR count). The van der Waals surface area contributed by atoms with Crippen LogP contribution in [-0.2, 0) is 9.53 Å². The SMILES string of the molecule is C[C@H]1CC(=O)C[C@@H](CCCCCl)N1C(=O)OC(C)(C)C. The fourth-order valence-corrected chi connectivity index (χ4v) is 2.78. The van der Waals surface area contributed by atoms with Crippen molar-refractivity contribution in [2.45, 2.75) is 77.5 Å². The molecule has 1 fully saturated rings. The molecule has 1 heterocycles. The number of unbranched alkanes of at least 4 members (excludes halogenated alkanes) is 1. The van der Waals surface area contributed by atoms with Crippen molar-refractivity contribution in [1.82, 2.24) is 4.90 Å². The van der Waals surface area contributed by atoms with Crippen molar-refractivity contribution in [2.75, 3.05) is 5.88 Å². The van der Waals surface area contributed by atoms with E-state index in [9.17, 15) is 9.59 Å². The zero-order valence-electron chi connectivity index (χ0n) is 12.9. The number of likely N-dealkylation sites (tertiary alicyclic amines) is 1. The Hall–Kier alpha value is -0.770. The first-order valence-corrected chi connectivity index (χ1v) is 7.87. The van der Waals surface area contributed by atoms with Crippen LogP contribution >= 0.6 is 11.6 Å². The molecule has 116 valence electrons. The first-order chi connectivity index (χ1) is 9.24. The molecule has 1 aliphatic heterocycles. The van der Waals surface area contributed by atoms with Crippen LogP contribution in [0.15, 0.2) is 0 Å². The predicted octanol–water partition coefficient (Wildman–Crippen LogP) is 3.75. The van der Waals surface area contributed by atoms with Gasteiger partial charge >= 0.3 is 6.09 Å². The van der Waals surface area contributed by atoms with Gasteiger partial charge in [-0.15, -0.1) is 11.6 Å². The first-order valence-electron chi connectivity index (χ1n) is 7.33. The minimum Gasteiger partial charge on any atom is -0.444 e. The van der Waals surface area contributed by atoms with Gasteiger partial charge in [-0.2, -0.15) is 0 Å². The summed E-state index contributed by atoms with van der Waals surface area (Å²) < 4.78 is 5.47. The highest BCUT2D eigenvalue weighted by Crippen LogP contribution is 2.26. The standard InChI is InChI=1S/C15H26ClNO3/c1-11-9-13(18)10-12(7-5-6-8-16)17(11)14(19)20-15(2,3)4/h11-12H,5-10H2,1-4H3/t11-,12+/m0/s1. The van der Waals surface area contributed by atoms with E-state index in [1.807, 2.05) is 27.7 Å². The molecule has 1 aliphatic rings. The summed E-state index contributed by atoms with van der Waals surface area (Å²) in [6.07, 6.45) is 3.18. The number of ether oxygens (including phenoxy) is 1. The average Bonchev–Trinajstić information content (AvgIpc) is 2.25. The van der Waals surface area contributed by atoms with Crippen LogP contribution in [0.2, 0.25) is 0 Å². The summed E-state index contributed by atoms with van der Waals surface area (Å²) >= 11 is 5.69. The largest absolute Gasteiger partial charge is 0.444 e. The Morgan fingerprint density at radius 2 is 2.00 bits per heavy atom. The molecule has 0 bridgehead atoms. The van der Waals surface area contributed by atoms with Crippen molar-refractivity contribution in [1.29, 1.82) is 0 Å². The smallest absolute Gasteiger partial charge is 0.410 e. The van der Waals surface area contributed by atoms with Crippen molar-refractivity contribution in [3.8, 4) is 0 Å². The zero-order chi connectivity index (χ0) is 15.3. The number of amides is 1. The number of piperidine rings is 1. The summed E-state index contributed by atoms with van der Waals surface area (Å²) in [6, 6.07) is -0.142. The second-order valence-electron chi connectivity index (χ2n) is 6.52. The van der Waals surface area contributed by atoms with Gasteiger partial charge < -0.3 is 9.64 Å². The molecule has 2 atom stereocenters. The van der Waals surface area contributed by atoms with Crippen molar-refractivity contribution < 1.29 is 14.3 Å². The lowest BCUT2D eigenvalue weighted by Crippen LogP contribution is -2.52. The minimum atomic E-state index is -0.515. The molecule has 0 radical (unpaired) electrons. The Balaban J connectivity index is 2.74. The number of Topliss-reactive ketones (excluding diaryl/α,β-unsaturated/α-hetero) is 1. The summed E-state index contributed by atoms with van der Waals surface area (Å²) in [4.78, 5) is 25.9. The first kappa shape index (κ1) is 17.3. The van der Waals surface area contributed by atoms with E-state index in [0.717, 1.165) is 19.3 Å². The predicted molar refractivity (Wildman–Crippen MR) is 80.1 cm³/mol. The van der Waals surface area contributed by atoms with Crippen LogP contribution in [0.25, 0.3) is 0 Å². The van der Waals surface area contributed by atoms with Gasteiger partial charge in [-0.05, 0) is 40.5 Å². The third kappa shape index (κ3) is 5.31. The normalized spacial score (nSPS) is 23.9. The number of carbonyl (C=O) groups excluding carboxylic acids is 2. The number of nitrogens with zero attached hydrogens (tertiary/aromatic N) is 1. The van der Waals surface area contributed by atoms with E-state index >= 15 is 0 Å². The number of hydrogen-bond donors (Lipinski definition) is 0. The van der Waals surface area contributed by atoms with Gasteiger partial charge in [-0.3, -0.25) is 4.79 Å². The van der Waals surface area contributed by atoms with Crippen LogP contribution in [0.5, 0.6) is 0 Å². The van der Waals surface area contributed by atoms with E-state index in [1.54, 1.807) is 4.90 Å². The lowest BCUT2D eigenvalue weighted by Gasteiger charge is -2.40. The fraction of sp³-hybridized carbons (Fsp3) is 0.867. The second kappa shape index (κ2) is 7.30. The maximum atomic E-state index is 12.3. The van der Waals surface area contributed by atoms with E-state index < -0.39 is 5.60 Å². The van der Waals surface area contributed by atoms with Gasteiger partial charge in [0.05, 0.1) is 0 Å². The van der Waals surface area contributed by atoms with Crippen molar-refractivity contribution in [3.05, 3.63) is 0 Å². The summed E-state index contributed by atoms with van der Waals surface area (Å²) in [5.74, 6) is 0.844. The van der Waals surface area contributed by atoms with Crippen LogP contribution in [0.1, 0.15) is 59.8 Å². The number of carbonyl (C=O) groups is 2. The molecule has 1 amide bonds. The molecule has 4 nitrogen and oxygen atoms in total. The molecule has 5 heteroatoms. The van der Waals surface area contributed by atoms with Crippen molar-refractivity contribution >= 4 is 23.5 Å². The summed E-state index contributed by atoms with van der Waals surface area (Å²) in [6.45, 7) is 7.48. The fourth-order valence-electron chi connectivity index (χ4n) is 2.59. The van der Waals surface area contributed by atoms with Crippen LogP contribution in [0.3, 0.4) is 0 Å². The van der Waals surface area contributed by atoms with E-state index in [1.165, 1.54) is 0 Å². The molecular formula is C15H26ClNO3. The molecule has 20 heavy (non-hydrogen) atoms. The average molecular weight is 304 g/mol. The topological polar surface area (TPSA) is 46.6 Å². The highest BCUT2D eigenvalue weighted by Gasteiger charge is 2.37. The molecular weight excluding hydrogens is 278 g/mol. The number of halogens is 1. The molecule has 1 saturated heterocycles. The molecule has 0 aliphatic carbocycles. The second-order valence-corrected chi connectivity index (χ2v) is 6.90. The zero-order valence-corrected chi connectivity index (χ0v) is 13.7. The van der Waals surface area contributed by atoms with E-state index in [4.69, 9.17) is 16.3 Å². The van der Waals surface area contributed by atoms with E-state index in [-0.39, 0.29) is 24.0 Å². The maximum Gasteiger partial charge on any atom is 0.410 e. The van der Waals surface area contributed by atoms with Gasteiger partial charge in [0, 0.05) is 30.8 Å². The van der Waals surface area contributed by atoms with Gasteiger partial charge in [0.15, 0.2) is 0 Å².